The van der Waals surface area contributed by atoms with E-state index in [4.69, 9.17) is 0 Å². The van der Waals surface area contributed by atoms with Crippen LogP contribution in [0.25, 0.3) is 0 Å². The van der Waals surface area contributed by atoms with E-state index in [-0.39, 0.29) is 5.91 Å². The molecule has 1 atom stereocenters. The molecular weight excluding hydrogens is 282 g/mol. The van der Waals surface area contributed by atoms with Crippen LogP contribution in [0.4, 0.5) is 0 Å². The van der Waals surface area contributed by atoms with Crippen LogP contribution in [0.1, 0.15) is 55.3 Å². The van der Waals surface area contributed by atoms with Gasteiger partial charge in [0.05, 0.1) is 0 Å². The van der Waals surface area contributed by atoms with Crippen molar-refractivity contribution in [3.8, 4) is 0 Å². The minimum absolute atomic E-state index is 0.0778. The molecule has 1 amide bonds. The molecule has 1 aromatic rings. The summed E-state index contributed by atoms with van der Waals surface area (Å²) >= 11 is 0. The third kappa shape index (κ3) is 4.40. The zero-order chi connectivity index (χ0) is 15.2. The average molecular weight is 307 g/mol. The quantitative estimate of drug-likeness (QED) is 0.855. The van der Waals surface area contributed by atoms with E-state index in [0.29, 0.717) is 11.6 Å². The summed E-state index contributed by atoms with van der Waals surface area (Å²) in [6.45, 7) is 0. The fraction of sp³-hybridized carbons (Fsp3) is 0.588. The molecule has 0 radical (unpaired) electrons. The Labute approximate surface area is 130 Å². The van der Waals surface area contributed by atoms with Gasteiger partial charge in [-0.2, -0.15) is 0 Å². The summed E-state index contributed by atoms with van der Waals surface area (Å²) in [5.41, 5.74) is 0.689. The minimum Gasteiger partial charge on any atom is -0.339 e. The molecule has 0 spiro atoms. The van der Waals surface area contributed by atoms with Crippen LogP contribution < -0.4 is 0 Å². The predicted molar refractivity (Wildman–Crippen MR) is 87.0 cm³/mol. The van der Waals surface area contributed by atoms with E-state index in [1.807, 2.05) is 11.9 Å². The number of hydrogen-bond acceptors (Lipinski definition) is 2. The fourth-order valence-electron chi connectivity index (χ4n) is 2.98. The Kier molecular flexibility index (Phi) is 5.97. The lowest BCUT2D eigenvalue weighted by atomic mass is 9.95. The molecule has 116 valence electrons. The van der Waals surface area contributed by atoms with Gasteiger partial charge in [-0.1, -0.05) is 32.1 Å². The highest BCUT2D eigenvalue weighted by atomic mass is 32.2. The summed E-state index contributed by atoms with van der Waals surface area (Å²) in [7, 11) is 0.923. The molecule has 1 aromatic carbocycles. The summed E-state index contributed by atoms with van der Waals surface area (Å²) in [6, 6.07) is 7.51. The Morgan fingerprint density at radius 3 is 2.10 bits per heavy atom. The number of rotatable bonds is 3. The smallest absolute Gasteiger partial charge is 0.253 e. The van der Waals surface area contributed by atoms with Crippen LogP contribution in [-0.2, 0) is 10.8 Å². The van der Waals surface area contributed by atoms with Crippen molar-refractivity contribution in [1.82, 2.24) is 4.90 Å². The molecule has 0 N–H and O–H groups in total. The average Bonchev–Trinajstić information content (AvgIpc) is 2.45. The number of nitrogens with zero attached hydrogens (tertiary/aromatic N) is 1. The first-order valence-electron chi connectivity index (χ1n) is 7.80. The number of carbonyl (C=O) groups is 1. The molecule has 0 saturated heterocycles. The van der Waals surface area contributed by atoms with E-state index in [9.17, 15) is 9.00 Å². The maximum absolute atomic E-state index is 12.6. The molecule has 0 aromatic heterocycles. The van der Waals surface area contributed by atoms with Crippen molar-refractivity contribution < 1.29 is 9.00 Å². The Hall–Kier alpha value is -1.16. The van der Waals surface area contributed by atoms with Gasteiger partial charge in [0.1, 0.15) is 0 Å². The van der Waals surface area contributed by atoms with E-state index in [2.05, 4.69) is 0 Å². The van der Waals surface area contributed by atoms with Crippen LogP contribution in [0, 0.1) is 0 Å². The highest BCUT2D eigenvalue weighted by Crippen LogP contribution is 2.22. The zero-order valence-corrected chi connectivity index (χ0v) is 13.8. The summed E-state index contributed by atoms with van der Waals surface area (Å²) in [5.74, 6) is 0.0778. The van der Waals surface area contributed by atoms with Gasteiger partial charge in [-0.05, 0) is 37.1 Å². The zero-order valence-electron chi connectivity index (χ0n) is 13.0. The second kappa shape index (κ2) is 7.74. The molecule has 0 bridgehead atoms. The molecule has 1 aliphatic rings. The van der Waals surface area contributed by atoms with Crippen LogP contribution in [0.5, 0.6) is 0 Å². The lowest BCUT2D eigenvalue weighted by molar-refractivity contribution is 0.0706. The number of amides is 1. The minimum atomic E-state index is -0.995. The first-order chi connectivity index (χ1) is 10.1. The van der Waals surface area contributed by atoms with Gasteiger partial charge >= 0.3 is 0 Å². The molecule has 1 aliphatic carbocycles. The molecule has 4 heteroatoms. The Morgan fingerprint density at radius 1 is 1.05 bits per heavy atom. The molecule has 1 fully saturated rings. The highest BCUT2D eigenvalue weighted by Gasteiger charge is 2.21. The molecule has 0 aliphatic heterocycles. The summed E-state index contributed by atoms with van der Waals surface area (Å²) < 4.78 is 11.4. The predicted octanol–water partition coefficient (Wildman–Crippen LogP) is 3.61. The Balaban J connectivity index is 2.04. The summed E-state index contributed by atoms with van der Waals surface area (Å²) in [6.07, 6.45) is 10.2. The molecule has 0 heterocycles. The number of benzene rings is 1. The maximum atomic E-state index is 12.6. The fourth-order valence-corrected chi connectivity index (χ4v) is 3.50. The third-order valence-corrected chi connectivity index (χ3v) is 5.31. The van der Waals surface area contributed by atoms with Crippen molar-refractivity contribution >= 4 is 16.7 Å². The van der Waals surface area contributed by atoms with Gasteiger partial charge in [-0.25, -0.2) is 0 Å². The van der Waals surface area contributed by atoms with E-state index < -0.39 is 10.8 Å². The summed E-state index contributed by atoms with van der Waals surface area (Å²) in [5, 5.41) is 0. The topological polar surface area (TPSA) is 37.4 Å². The van der Waals surface area contributed by atoms with Crippen LogP contribution >= 0.6 is 0 Å². The monoisotopic (exact) mass is 307 g/mol. The molecule has 0 unspecified atom stereocenters. The largest absolute Gasteiger partial charge is 0.339 e. The highest BCUT2D eigenvalue weighted by molar-refractivity contribution is 7.84. The van der Waals surface area contributed by atoms with E-state index in [1.165, 1.54) is 32.1 Å². The van der Waals surface area contributed by atoms with Crippen LogP contribution in [0.2, 0.25) is 0 Å². The van der Waals surface area contributed by atoms with Crippen molar-refractivity contribution in [2.75, 3.05) is 13.3 Å². The summed E-state index contributed by atoms with van der Waals surface area (Å²) in [4.78, 5) is 15.2. The van der Waals surface area contributed by atoms with Gasteiger partial charge in [-0.3, -0.25) is 9.00 Å². The third-order valence-electron chi connectivity index (χ3n) is 4.38. The van der Waals surface area contributed by atoms with E-state index in [0.717, 1.165) is 17.7 Å². The number of carbonyl (C=O) groups excluding carboxylic acids is 1. The van der Waals surface area contributed by atoms with Gasteiger partial charge < -0.3 is 4.90 Å². The standard InChI is InChI=1S/C17H25NO2S/c1-18(15-8-6-4-3-5-7-9-15)17(19)14-10-12-16(13-11-14)21(2)20/h10-13,15H,3-9H2,1-2H3/t21-/m1/s1. The SMILES string of the molecule is CN(C(=O)c1ccc([S@@](C)=O)cc1)C1CCCCCCC1. The maximum Gasteiger partial charge on any atom is 0.253 e. The van der Waals surface area contributed by atoms with Gasteiger partial charge in [0, 0.05) is 40.6 Å². The van der Waals surface area contributed by atoms with Crippen molar-refractivity contribution in [3.63, 3.8) is 0 Å². The lowest BCUT2D eigenvalue weighted by Crippen LogP contribution is -2.37. The van der Waals surface area contributed by atoms with Crippen molar-refractivity contribution in [3.05, 3.63) is 29.8 Å². The Morgan fingerprint density at radius 2 is 1.57 bits per heavy atom. The van der Waals surface area contributed by atoms with Crippen LogP contribution in [0.15, 0.2) is 29.2 Å². The van der Waals surface area contributed by atoms with E-state index >= 15 is 0 Å². The van der Waals surface area contributed by atoms with Crippen molar-refractivity contribution in [2.45, 2.75) is 55.9 Å². The molecule has 21 heavy (non-hydrogen) atoms. The normalized spacial score (nSPS) is 18.6. The van der Waals surface area contributed by atoms with Crippen molar-refractivity contribution in [2.24, 2.45) is 0 Å². The molecule has 2 rings (SSSR count). The molecular formula is C17H25NO2S. The van der Waals surface area contributed by atoms with E-state index in [1.54, 1.807) is 30.5 Å². The van der Waals surface area contributed by atoms with Crippen molar-refractivity contribution in [1.29, 1.82) is 0 Å². The first-order valence-corrected chi connectivity index (χ1v) is 9.36. The molecule has 1 saturated carbocycles. The second-order valence-electron chi connectivity index (χ2n) is 5.89. The second-order valence-corrected chi connectivity index (χ2v) is 7.27. The van der Waals surface area contributed by atoms with Gasteiger partial charge in [0.25, 0.3) is 5.91 Å². The van der Waals surface area contributed by atoms with Gasteiger partial charge in [-0.15, -0.1) is 0 Å². The lowest BCUT2D eigenvalue weighted by Gasteiger charge is -2.30. The Bertz CT molecular complexity index is 490. The number of hydrogen-bond donors (Lipinski definition) is 0. The molecule has 3 nitrogen and oxygen atoms in total. The van der Waals surface area contributed by atoms with Gasteiger partial charge in [0.2, 0.25) is 0 Å². The van der Waals surface area contributed by atoms with Crippen LogP contribution in [0.3, 0.4) is 0 Å². The first kappa shape index (κ1) is 16.2. The van der Waals surface area contributed by atoms with Gasteiger partial charge in [0.15, 0.2) is 0 Å². The van der Waals surface area contributed by atoms with Crippen LogP contribution in [-0.4, -0.2) is 34.4 Å².